The zero-order valence-electron chi connectivity index (χ0n) is 16.1. The topological polar surface area (TPSA) is 17.1 Å². The first-order valence-corrected chi connectivity index (χ1v) is 8.75. The zero-order valence-corrected chi connectivity index (χ0v) is 16.1. The molecule has 0 aliphatic carbocycles. The Morgan fingerprint density at radius 2 is 1.08 bits per heavy atom. The van der Waals surface area contributed by atoms with Crippen LogP contribution in [-0.2, 0) is 10.8 Å². The summed E-state index contributed by atoms with van der Waals surface area (Å²) in [5, 5.41) is 0. The third-order valence-corrected chi connectivity index (χ3v) is 4.71. The molecule has 0 saturated carbocycles. The molecule has 1 nitrogen and oxygen atoms in total. The van der Waals surface area contributed by atoms with Crippen LogP contribution >= 0.6 is 0 Å². The molecule has 0 heterocycles. The second-order valence-electron chi connectivity index (χ2n) is 8.79. The van der Waals surface area contributed by atoms with Gasteiger partial charge in [0.05, 0.1) is 0 Å². The molecular weight excluding hydrogens is 292 g/mol. The van der Waals surface area contributed by atoms with Crippen molar-refractivity contribution in [2.45, 2.75) is 65.2 Å². The number of hydrogen-bond acceptors (Lipinski definition) is 1. The number of benzene rings is 2. The SMILES string of the molecule is CC(C(=O)c1ccc(C(C)(C)C)cc1)c1ccc(C(C)(C)C)cc1. The number of rotatable bonds is 3. The van der Waals surface area contributed by atoms with E-state index >= 15 is 0 Å². The average Bonchev–Trinajstić information content (AvgIpc) is 2.52. The van der Waals surface area contributed by atoms with Crippen LogP contribution < -0.4 is 0 Å². The third kappa shape index (κ3) is 4.14. The second-order valence-corrected chi connectivity index (χ2v) is 8.79. The number of ketones is 1. The molecule has 0 radical (unpaired) electrons. The molecule has 0 fully saturated rings. The van der Waals surface area contributed by atoms with Crippen molar-refractivity contribution in [1.82, 2.24) is 0 Å². The minimum atomic E-state index is -0.125. The first-order valence-electron chi connectivity index (χ1n) is 8.75. The Kier molecular flexibility index (Phi) is 5.03. The van der Waals surface area contributed by atoms with E-state index in [4.69, 9.17) is 0 Å². The highest BCUT2D eigenvalue weighted by Gasteiger charge is 2.20. The lowest BCUT2D eigenvalue weighted by Crippen LogP contribution is -2.14. The molecule has 1 atom stereocenters. The van der Waals surface area contributed by atoms with Gasteiger partial charge in [-0.2, -0.15) is 0 Å². The summed E-state index contributed by atoms with van der Waals surface area (Å²) in [5.74, 6) is 0.0541. The molecule has 2 aromatic rings. The lowest BCUT2D eigenvalue weighted by molar-refractivity contribution is 0.0966. The van der Waals surface area contributed by atoms with Crippen molar-refractivity contribution in [2.24, 2.45) is 0 Å². The highest BCUT2D eigenvalue weighted by molar-refractivity contribution is 6.00. The van der Waals surface area contributed by atoms with Gasteiger partial charge in [0.2, 0.25) is 0 Å². The van der Waals surface area contributed by atoms with Crippen molar-refractivity contribution in [3.05, 3.63) is 70.8 Å². The van der Waals surface area contributed by atoms with Crippen molar-refractivity contribution in [3.8, 4) is 0 Å². The quantitative estimate of drug-likeness (QED) is 0.609. The van der Waals surface area contributed by atoms with E-state index in [1.165, 1.54) is 11.1 Å². The van der Waals surface area contributed by atoms with Gasteiger partial charge in [-0.3, -0.25) is 4.79 Å². The summed E-state index contributed by atoms with van der Waals surface area (Å²) in [5.41, 5.74) is 4.65. The van der Waals surface area contributed by atoms with Crippen LogP contribution in [0.4, 0.5) is 0 Å². The smallest absolute Gasteiger partial charge is 0.170 e. The summed E-state index contributed by atoms with van der Waals surface area (Å²) in [6.45, 7) is 15.1. The van der Waals surface area contributed by atoms with Crippen LogP contribution in [0.3, 0.4) is 0 Å². The maximum absolute atomic E-state index is 12.8. The highest BCUT2D eigenvalue weighted by Crippen LogP contribution is 2.27. The van der Waals surface area contributed by atoms with E-state index in [1.807, 2.05) is 19.1 Å². The first kappa shape index (κ1) is 18.4. The summed E-state index contributed by atoms with van der Waals surface area (Å²) in [7, 11) is 0. The monoisotopic (exact) mass is 322 g/mol. The number of carbonyl (C=O) groups excluding carboxylic acids is 1. The van der Waals surface area contributed by atoms with Crippen LogP contribution in [0.25, 0.3) is 0 Å². The van der Waals surface area contributed by atoms with Gasteiger partial charge in [-0.05, 0) is 27.5 Å². The Morgan fingerprint density at radius 3 is 1.46 bits per heavy atom. The van der Waals surface area contributed by atoms with E-state index in [1.54, 1.807) is 0 Å². The van der Waals surface area contributed by atoms with Gasteiger partial charge in [0, 0.05) is 11.5 Å². The zero-order chi connectivity index (χ0) is 18.1. The van der Waals surface area contributed by atoms with Gasteiger partial charge in [-0.25, -0.2) is 0 Å². The van der Waals surface area contributed by atoms with E-state index in [0.29, 0.717) is 0 Å². The third-order valence-electron chi connectivity index (χ3n) is 4.71. The van der Waals surface area contributed by atoms with Gasteiger partial charge in [-0.15, -0.1) is 0 Å². The maximum atomic E-state index is 12.8. The minimum absolute atomic E-state index is 0.107. The van der Waals surface area contributed by atoms with Crippen LogP contribution in [0.5, 0.6) is 0 Å². The van der Waals surface area contributed by atoms with Crippen LogP contribution in [0.1, 0.15) is 81.4 Å². The van der Waals surface area contributed by atoms with E-state index < -0.39 is 0 Å². The van der Waals surface area contributed by atoms with Crippen molar-refractivity contribution in [3.63, 3.8) is 0 Å². The Balaban J connectivity index is 2.20. The molecule has 2 aromatic carbocycles. The highest BCUT2D eigenvalue weighted by atomic mass is 16.1. The van der Waals surface area contributed by atoms with E-state index in [0.717, 1.165) is 11.1 Å². The molecule has 1 unspecified atom stereocenters. The van der Waals surface area contributed by atoms with Gasteiger partial charge in [-0.1, -0.05) is 97.0 Å². The molecule has 1 heteroatoms. The minimum Gasteiger partial charge on any atom is -0.294 e. The Hall–Kier alpha value is -1.89. The number of carbonyl (C=O) groups is 1. The maximum Gasteiger partial charge on any atom is 0.170 e. The molecule has 0 saturated heterocycles. The molecule has 0 aromatic heterocycles. The average molecular weight is 322 g/mol. The summed E-state index contributed by atoms with van der Waals surface area (Å²) >= 11 is 0. The molecule has 0 N–H and O–H groups in total. The van der Waals surface area contributed by atoms with Crippen molar-refractivity contribution < 1.29 is 4.79 Å². The van der Waals surface area contributed by atoms with Gasteiger partial charge in [0.25, 0.3) is 0 Å². The standard InChI is InChI=1S/C23H30O/c1-16(17-8-12-19(13-9-17)22(2,3)4)21(24)18-10-14-20(15-11-18)23(5,6)7/h8-16H,1-7H3. The lowest BCUT2D eigenvalue weighted by atomic mass is 9.84. The largest absolute Gasteiger partial charge is 0.294 e. The van der Waals surface area contributed by atoms with Crippen molar-refractivity contribution >= 4 is 5.78 Å². The fourth-order valence-electron chi connectivity index (χ4n) is 2.81. The lowest BCUT2D eigenvalue weighted by Gasteiger charge is -2.21. The summed E-state index contributed by atoms with van der Waals surface area (Å²) in [6, 6.07) is 16.5. The van der Waals surface area contributed by atoms with Crippen LogP contribution in [0.15, 0.2) is 48.5 Å². The molecule has 0 aliphatic heterocycles. The predicted octanol–water partition coefficient (Wildman–Crippen LogP) is 6.27. The normalized spacial score (nSPS) is 13.6. The molecule has 2 rings (SSSR count). The molecular formula is C23H30O. The molecule has 0 bridgehead atoms. The predicted molar refractivity (Wildman–Crippen MR) is 103 cm³/mol. The van der Waals surface area contributed by atoms with Crippen molar-refractivity contribution in [1.29, 1.82) is 0 Å². The van der Waals surface area contributed by atoms with Gasteiger partial charge in [0.1, 0.15) is 0 Å². The molecule has 0 aliphatic rings. The number of Topliss-reactive ketones (excluding diaryl/α,β-unsaturated/α-hetero) is 1. The van der Waals surface area contributed by atoms with Crippen LogP contribution in [-0.4, -0.2) is 5.78 Å². The Morgan fingerprint density at radius 1 is 0.708 bits per heavy atom. The van der Waals surface area contributed by atoms with Gasteiger partial charge < -0.3 is 0 Å². The second kappa shape index (κ2) is 6.55. The van der Waals surface area contributed by atoms with Crippen LogP contribution in [0, 0.1) is 0 Å². The molecule has 24 heavy (non-hydrogen) atoms. The van der Waals surface area contributed by atoms with E-state index in [-0.39, 0.29) is 22.5 Å². The van der Waals surface area contributed by atoms with E-state index in [2.05, 4.69) is 77.9 Å². The fraction of sp³-hybridized carbons (Fsp3) is 0.435. The van der Waals surface area contributed by atoms with Gasteiger partial charge >= 0.3 is 0 Å². The Bertz CT molecular complexity index is 692. The Labute approximate surface area is 147 Å². The summed E-state index contributed by atoms with van der Waals surface area (Å²) in [4.78, 5) is 12.8. The number of hydrogen-bond donors (Lipinski definition) is 0. The van der Waals surface area contributed by atoms with Crippen LogP contribution in [0.2, 0.25) is 0 Å². The van der Waals surface area contributed by atoms with E-state index in [9.17, 15) is 4.79 Å². The van der Waals surface area contributed by atoms with Gasteiger partial charge in [0.15, 0.2) is 5.78 Å². The summed E-state index contributed by atoms with van der Waals surface area (Å²) < 4.78 is 0. The summed E-state index contributed by atoms with van der Waals surface area (Å²) in [6.07, 6.45) is 0. The van der Waals surface area contributed by atoms with Crippen molar-refractivity contribution in [2.75, 3.05) is 0 Å². The molecule has 0 spiro atoms. The fourth-order valence-corrected chi connectivity index (χ4v) is 2.81. The molecule has 0 amide bonds. The first-order chi connectivity index (χ1) is 11.0. The molecule has 128 valence electrons.